The summed E-state index contributed by atoms with van der Waals surface area (Å²) in [5.74, 6) is 0.883. The Balaban J connectivity index is 2.35. The monoisotopic (exact) mass is 254 g/mol. The van der Waals surface area contributed by atoms with Crippen LogP contribution in [0.25, 0.3) is 0 Å². The zero-order valence-corrected chi connectivity index (χ0v) is 12.1. The van der Waals surface area contributed by atoms with E-state index in [1.54, 1.807) is 0 Å². The number of unbranched alkanes of at least 4 members (excludes halogenated alkanes) is 3. The smallest absolute Gasteiger partial charge is 0.220 e. The van der Waals surface area contributed by atoms with Crippen LogP contribution >= 0.6 is 0 Å². The van der Waals surface area contributed by atoms with E-state index in [1.807, 2.05) is 0 Å². The molecule has 2 unspecified atom stereocenters. The summed E-state index contributed by atoms with van der Waals surface area (Å²) in [6.45, 7) is 5.03. The first-order valence-corrected chi connectivity index (χ1v) is 7.63. The Morgan fingerprint density at radius 2 is 2.17 bits per heavy atom. The zero-order valence-electron chi connectivity index (χ0n) is 12.1. The van der Waals surface area contributed by atoms with Crippen molar-refractivity contribution in [3.05, 3.63) is 0 Å². The summed E-state index contributed by atoms with van der Waals surface area (Å²) in [4.78, 5) is 12.0. The third-order valence-electron chi connectivity index (χ3n) is 4.14. The molecule has 0 spiro atoms. The Kier molecular flexibility index (Phi) is 6.69. The number of amides is 1. The molecule has 1 aliphatic rings. The quantitative estimate of drug-likeness (QED) is 0.686. The molecule has 0 aromatic carbocycles. The maximum atomic E-state index is 12.0. The Bertz CT molecular complexity index is 255. The Hall–Kier alpha value is -0.570. The minimum absolute atomic E-state index is 0.112. The number of carbonyl (C=O) groups excluding carboxylic acids is 1. The first-order valence-electron chi connectivity index (χ1n) is 7.63. The van der Waals surface area contributed by atoms with E-state index < -0.39 is 0 Å². The topological polar surface area (TPSA) is 55.1 Å². The van der Waals surface area contributed by atoms with Gasteiger partial charge < -0.3 is 11.1 Å². The standard InChI is InChI=1S/C15H30N2O/c1-3-4-5-6-9-14(18)17-15(12-16)10-7-8-13(2)11-15/h13H,3-12,16H2,1-2H3,(H,17,18). The van der Waals surface area contributed by atoms with E-state index in [1.165, 1.54) is 25.7 Å². The lowest BCUT2D eigenvalue weighted by Gasteiger charge is -2.40. The van der Waals surface area contributed by atoms with Gasteiger partial charge in [-0.15, -0.1) is 0 Å². The van der Waals surface area contributed by atoms with Crippen molar-refractivity contribution < 1.29 is 4.79 Å². The Morgan fingerprint density at radius 1 is 1.39 bits per heavy atom. The largest absolute Gasteiger partial charge is 0.349 e. The lowest BCUT2D eigenvalue weighted by atomic mass is 9.76. The van der Waals surface area contributed by atoms with E-state index in [4.69, 9.17) is 5.73 Å². The molecule has 3 heteroatoms. The average Bonchev–Trinajstić information content (AvgIpc) is 2.34. The second-order valence-electron chi connectivity index (χ2n) is 6.04. The Morgan fingerprint density at radius 3 is 2.78 bits per heavy atom. The van der Waals surface area contributed by atoms with Crippen LogP contribution in [0, 0.1) is 5.92 Å². The maximum absolute atomic E-state index is 12.0. The molecule has 3 nitrogen and oxygen atoms in total. The fourth-order valence-corrected chi connectivity index (χ4v) is 3.08. The van der Waals surface area contributed by atoms with E-state index in [-0.39, 0.29) is 11.4 Å². The van der Waals surface area contributed by atoms with Gasteiger partial charge in [0.05, 0.1) is 5.54 Å². The van der Waals surface area contributed by atoms with Crippen LogP contribution in [0.2, 0.25) is 0 Å². The molecule has 0 heterocycles. The second kappa shape index (κ2) is 7.78. The van der Waals surface area contributed by atoms with Crippen molar-refractivity contribution in [2.45, 2.75) is 77.2 Å². The van der Waals surface area contributed by atoms with Crippen LogP contribution in [0.5, 0.6) is 0 Å². The van der Waals surface area contributed by atoms with Crippen LogP contribution in [0.3, 0.4) is 0 Å². The highest BCUT2D eigenvalue weighted by Crippen LogP contribution is 2.31. The molecular weight excluding hydrogens is 224 g/mol. The van der Waals surface area contributed by atoms with E-state index >= 15 is 0 Å². The van der Waals surface area contributed by atoms with Crippen molar-refractivity contribution in [1.82, 2.24) is 5.32 Å². The first kappa shape index (κ1) is 15.5. The van der Waals surface area contributed by atoms with Gasteiger partial charge >= 0.3 is 0 Å². The molecule has 1 fully saturated rings. The molecule has 0 aromatic heterocycles. The molecule has 1 amide bonds. The van der Waals surface area contributed by atoms with Gasteiger partial charge in [0.25, 0.3) is 0 Å². The van der Waals surface area contributed by atoms with Gasteiger partial charge in [-0.2, -0.15) is 0 Å². The minimum Gasteiger partial charge on any atom is -0.349 e. The molecule has 1 rings (SSSR count). The van der Waals surface area contributed by atoms with Gasteiger partial charge in [0, 0.05) is 13.0 Å². The van der Waals surface area contributed by atoms with Crippen molar-refractivity contribution in [3.8, 4) is 0 Å². The molecule has 18 heavy (non-hydrogen) atoms. The van der Waals surface area contributed by atoms with E-state index in [9.17, 15) is 4.79 Å². The molecule has 0 aliphatic heterocycles. The summed E-state index contributed by atoms with van der Waals surface area (Å²) >= 11 is 0. The normalized spacial score (nSPS) is 28.1. The minimum atomic E-state index is -0.112. The lowest BCUT2D eigenvalue weighted by Crippen LogP contribution is -2.55. The molecular formula is C15H30N2O. The number of hydrogen-bond acceptors (Lipinski definition) is 2. The van der Waals surface area contributed by atoms with Gasteiger partial charge in [-0.05, 0) is 25.2 Å². The van der Waals surface area contributed by atoms with Gasteiger partial charge in [0.1, 0.15) is 0 Å². The van der Waals surface area contributed by atoms with Crippen LogP contribution in [0.15, 0.2) is 0 Å². The summed E-state index contributed by atoms with van der Waals surface area (Å²) in [6, 6.07) is 0. The molecule has 0 saturated heterocycles. The highest BCUT2D eigenvalue weighted by molar-refractivity contribution is 5.76. The molecule has 1 aliphatic carbocycles. The van der Waals surface area contributed by atoms with E-state index in [0.717, 1.165) is 25.7 Å². The van der Waals surface area contributed by atoms with Crippen LogP contribution < -0.4 is 11.1 Å². The number of carbonyl (C=O) groups is 1. The highest BCUT2D eigenvalue weighted by Gasteiger charge is 2.34. The van der Waals surface area contributed by atoms with Crippen LogP contribution in [0.1, 0.15) is 71.6 Å². The average molecular weight is 254 g/mol. The van der Waals surface area contributed by atoms with Crippen LogP contribution in [-0.2, 0) is 4.79 Å². The summed E-state index contributed by atoms with van der Waals surface area (Å²) in [5.41, 5.74) is 5.80. The van der Waals surface area contributed by atoms with Crippen molar-refractivity contribution >= 4 is 5.91 Å². The summed E-state index contributed by atoms with van der Waals surface area (Å²) < 4.78 is 0. The SMILES string of the molecule is CCCCCCC(=O)NC1(CN)CCCC(C)C1. The molecule has 0 aromatic rings. The van der Waals surface area contributed by atoms with E-state index in [0.29, 0.717) is 18.9 Å². The first-order chi connectivity index (χ1) is 8.62. The van der Waals surface area contributed by atoms with Crippen molar-refractivity contribution in [3.63, 3.8) is 0 Å². The summed E-state index contributed by atoms with van der Waals surface area (Å²) in [7, 11) is 0. The summed E-state index contributed by atoms with van der Waals surface area (Å²) in [5, 5.41) is 3.23. The predicted octanol–water partition coefficient (Wildman–Crippen LogP) is 2.98. The fourth-order valence-electron chi connectivity index (χ4n) is 3.08. The van der Waals surface area contributed by atoms with Gasteiger partial charge in [0.2, 0.25) is 5.91 Å². The van der Waals surface area contributed by atoms with Crippen molar-refractivity contribution in [2.75, 3.05) is 6.54 Å². The van der Waals surface area contributed by atoms with Crippen molar-refractivity contribution in [2.24, 2.45) is 11.7 Å². The number of hydrogen-bond donors (Lipinski definition) is 2. The van der Waals surface area contributed by atoms with Gasteiger partial charge in [0.15, 0.2) is 0 Å². The van der Waals surface area contributed by atoms with Gasteiger partial charge in [-0.25, -0.2) is 0 Å². The maximum Gasteiger partial charge on any atom is 0.220 e. The second-order valence-corrected chi connectivity index (χ2v) is 6.04. The molecule has 0 radical (unpaired) electrons. The van der Waals surface area contributed by atoms with Crippen LogP contribution in [-0.4, -0.2) is 18.0 Å². The van der Waals surface area contributed by atoms with Gasteiger partial charge in [-0.1, -0.05) is 46.0 Å². The predicted molar refractivity (Wildman–Crippen MR) is 76.3 cm³/mol. The molecule has 2 atom stereocenters. The number of rotatable bonds is 7. The van der Waals surface area contributed by atoms with Gasteiger partial charge in [-0.3, -0.25) is 4.79 Å². The Labute approximate surface area is 112 Å². The summed E-state index contributed by atoms with van der Waals surface area (Å²) in [6.07, 6.45) is 9.83. The molecule has 106 valence electrons. The van der Waals surface area contributed by atoms with Crippen molar-refractivity contribution in [1.29, 1.82) is 0 Å². The van der Waals surface area contributed by atoms with E-state index in [2.05, 4.69) is 19.2 Å². The number of nitrogens with one attached hydrogen (secondary N) is 1. The lowest BCUT2D eigenvalue weighted by molar-refractivity contribution is -0.123. The molecule has 0 bridgehead atoms. The number of nitrogens with two attached hydrogens (primary N) is 1. The zero-order chi connectivity index (χ0) is 13.4. The molecule has 3 N–H and O–H groups in total. The molecule has 1 saturated carbocycles. The highest BCUT2D eigenvalue weighted by atomic mass is 16.1. The third kappa shape index (κ3) is 4.97. The fraction of sp³-hybridized carbons (Fsp3) is 0.933. The van der Waals surface area contributed by atoms with Crippen LogP contribution in [0.4, 0.5) is 0 Å². The third-order valence-corrected chi connectivity index (χ3v) is 4.14.